The highest BCUT2D eigenvalue weighted by Crippen LogP contribution is 2.41. The minimum absolute atomic E-state index is 0.0156. The van der Waals surface area contributed by atoms with Crippen molar-refractivity contribution < 1.29 is 13.9 Å². The standard InChI is InChI=1S/C21H12BrFN2O2/c22-13-8-7-12(15(23)10-13)11-27-20-14-4-1-2-5-16(14)24-19-17-6-3-9-25(17)21(26)18(19)20/h1-10H,11H2. The molecule has 0 fully saturated rings. The van der Waals surface area contributed by atoms with E-state index in [2.05, 4.69) is 20.9 Å². The molecule has 6 heteroatoms. The van der Waals surface area contributed by atoms with Crippen molar-refractivity contribution in [2.75, 3.05) is 0 Å². The molecule has 0 bridgehead atoms. The van der Waals surface area contributed by atoms with Gasteiger partial charge >= 0.3 is 0 Å². The van der Waals surface area contributed by atoms with Gasteiger partial charge in [0.1, 0.15) is 29.4 Å². The van der Waals surface area contributed by atoms with Crippen LogP contribution in [0.15, 0.2) is 65.3 Å². The topological polar surface area (TPSA) is 44.1 Å². The van der Waals surface area contributed by atoms with Gasteiger partial charge < -0.3 is 4.74 Å². The first kappa shape index (κ1) is 16.2. The van der Waals surface area contributed by atoms with Gasteiger partial charge in [-0.25, -0.2) is 9.37 Å². The number of hydrogen-bond acceptors (Lipinski definition) is 3. The average Bonchev–Trinajstić information content (AvgIpc) is 3.24. The van der Waals surface area contributed by atoms with E-state index in [0.717, 1.165) is 16.6 Å². The molecule has 0 radical (unpaired) electrons. The maximum atomic E-state index is 14.2. The Balaban J connectivity index is 1.66. The number of pyridine rings is 1. The molecule has 2 aromatic carbocycles. The second-order valence-corrected chi connectivity index (χ2v) is 7.19. The Labute approximate surface area is 162 Å². The number of nitrogens with zero attached hydrogens (tertiary/aromatic N) is 2. The summed E-state index contributed by atoms with van der Waals surface area (Å²) in [5, 5.41) is 0.730. The number of ether oxygens (including phenoxy) is 1. The zero-order valence-electron chi connectivity index (χ0n) is 13.9. The molecule has 5 rings (SSSR count). The number of carbonyl (C=O) groups excluding carboxylic acids is 1. The van der Waals surface area contributed by atoms with Gasteiger partial charge in [-0.05, 0) is 36.4 Å². The molecule has 1 aliphatic rings. The molecule has 0 spiro atoms. The molecule has 0 atom stereocenters. The van der Waals surface area contributed by atoms with E-state index in [0.29, 0.717) is 27.0 Å². The van der Waals surface area contributed by atoms with E-state index in [1.807, 2.05) is 36.4 Å². The summed E-state index contributed by atoms with van der Waals surface area (Å²) in [6, 6.07) is 16.0. The second-order valence-electron chi connectivity index (χ2n) is 6.27. The van der Waals surface area contributed by atoms with Gasteiger partial charge in [0.05, 0.1) is 11.2 Å². The van der Waals surface area contributed by atoms with Crippen LogP contribution in [-0.4, -0.2) is 15.5 Å². The van der Waals surface area contributed by atoms with E-state index >= 15 is 0 Å². The summed E-state index contributed by atoms with van der Waals surface area (Å²) in [6.45, 7) is 0.0156. The molecular weight excluding hydrogens is 411 g/mol. The van der Waals surface area contributed by atoms with Gasteiger partial charge in [0.15, 0.2) is 0 Å². The van der Waals surface area contributed by atoms with Crippen LogP contribution in [0.3, 0.4) is 0 Å². The van der Waals surface area contributed by atoms with Crippen molar-refractivity contribution in [3.05, 3.63) is 82.2 Å². The molecule has 0 amide bonds. The molecular formula is C21H12BrFN2O2. The summed E-state index contributed by atoms with van der Waals surface area (Å²) >= 11 is 3.25. The Morgan fingerprint density at radius 1 is 1.11 bits per heavy atom. The molecule has 1 aliphatic heterocycles. The van der Waals surface area contributed by atoms with Crippen molar-refractivity contribution in [2.24, 2.45) is 0 Å². The zero-order valence-corrected chi connectivity index (χ0v) is 15.5. The highest BCUT2D eigenvalue weighted by molar-refractivity contribution is 9.10. The molecule has 0 saturated carbocycles. The van der Waals surface area contributed by atoms with E-state index in [-0.39, 0.29) is 18.3 Å². The van der Waals surface area contributed by atoms with Crippen molar-refractivity contribution in [1.29, 1.82) is 0 Å². The fourth-order valence-electron chi connectivity index (χ4n) is 3.38. The highest BCUT2D eigenvalue weighted by atomic mass is 79.9. The van der Waals surface area contributed by atoms with Gasteiger partial charge in [-0.3, -0.25) is 9.36 Å². The molecule has 0 N–H and O–H groups in total. The lowest BCUT2D eigenvalue weighted by Gasteiger charge is -2.13. The van der Waals surface area contributed by atoms with E-state index < -0.39 is 0 Å². The predicted molar refractivity (Wildman–Crippen MR) is 103 cm³/mol. The van der Waals surface area contributed by atoms with Gasteiger partial charge in [-0.2, -0.15) is 0 Å². The first-order chi connectivity index (χ1) is 13.1. The van der Waals surface area contributed by atoms with Crippen LogP contribution < -0.4 is 4.74 Å². The Bertz CT molecular complexity index is 1230. The summed E-state index contributed by atoms with van der Waals surface area (Å²) in [5.41, 5.74) is 2.89. The average molecular weight is 423 g/mol. The van der Waals surface area contributed by atoms with Crippen molar-refractivity contribution in [3.63, 3.8) is 0 Å². The molecule has 27 heavy (non-hydrogen) atoms. The predicted octanol–water partition coefficient (Wildman–Crippen LogP) is 5.19. The lowest BCUT2D eigenvalue weighted by molar-refractivity contribution is 0.0965. The third kappa shape index (κ3) is 2.48. The number of carbonyl (C=O) groups is 1. The quantitative estimate of drug-likeness (QED) is 0.402. The van der Waals surface area contributed by atoms with Crippen LogP contribution in [0, 0.1) is 5.82 Å². The minimum Gasteiger partial charge on any atom is -0.487 e. The summed E-state index contributed by atoms with van der Waals surface area (Å²) in [6.07, 6.45) is 1.71. The van der Waals surface area contributed by atoms with Crippen LogP contribution in [-0.2, 0) is 6.61 Å². The van der Waals surface area contributed by atoms with E-state index in [4.69, 9.17) is 4.74 Å². The Kier molecular flexibility index (Phi) is 3.62. The molecule has 4 nitrogen and oxygen atoms in total. The Morgan fingerprint density at radius 3 is 2.81 bits per heavy atom. The van der Waals surface area contributed by atoms with Crippen LogP contribution in [0.25, 0.3) is 22.3 Å². The summed E-state index contributed by atoms with van der Waals surface area (Å²) in [5.74, 6) is -0.113. The van der Waals surface area contributed by atoms with Crippen molar-refractivity contribution >= 4 is 32.7 Å². The fraction of sp³-hybridized carbons (Fsp3) is 0.0476. The van der Waals surface area contributed by atoms with Crippen molar-refractivity contribution in [3.8, 4) is 17.1 Å². The maximum absolute atomic E-state index is 14.2. The minimum atomic E-state index is -0.364. The number of aromatic nitrogens is 2. The first-order valence-corrected chi connectivity index (χ1v) is 9.14. The fourth-order valence-corrected chi connectivity index (χ4v) is 3.71. The van der Waals surface area contributed by atoms with Crippen LogP contribution in [0.4, 0.5) is 4.39 Å². The third-order valence-electron chi connectivity index (χ3n) is 4.66. The Morgan fingerprint density at radius 2 is 1.96 bits per heavy atom. The van der Waals surface area contributed by atoms with Crippen LogP contribution in [0.2, 0.25) is 0 Å². The van der Waals surface area contributed by atoms with E-state index in [1.54, 1.807) is 22.9 Å². The highest BCUT2D eigenvalue weighted by Gasteiger charge is 2.32. The van der Waals surface area contributed by atoms with Crippen LogP contribution in [0.1, 0.15) is 15.9 Å². The van der Waals surface area contributed by atoms with Gasteiger partial charge in [0.2, 0.25) is 0 Å². The number of benzene rings is 2. The second kappa shape index (κ2) is 6.03. The van der Waals surface area contributed by atoms with Gasteiger partial charge in [0, 0.05) is 21.6 Å². The van der Waals surface area contributed by atoms with Gasteiger partial charge in [-0.1, -0.05) is 34.1 Å². The number of hydrogen-bond donors (Lipinski definition) is 0. The van der Waals surface area contributed by atoms with Crippen LogP contribution >= 0.6 is 15.9 Å². The van der Waals surface area contributed by atoms with Gasteiger partial charge in [-0.15, -0.1) is 0 Å². The summed E-state index contributed by atoms with van der Waals surface area (Å²) in [4.78, 5) is 17.6. The molecule has 0 aliphatic carbocycles. The zero-order chi connectivity index (χ0) is 18.5. The molecule has 0 saturated heterocycles. The van der Waals surface area contributed by atoms with Crippen LogP contribution in [0.5, 0.6) is 5.75 Å². The van der Waals surface area contributed by atoms with E-state index in [9.17, 15) is 9.18 Å². The first-order valence-electron chi connectivity index (χ1n) is 8.35. The third-order valence-corrected chi connectivity index (χ3v) is 5.15. The number of para-hydroxylation sites is 1. The SMILES string of the molecule is O=C1c2c(nc3ccccc3c2OCc2ccc(Br)cc2F)-c2cccn21. The summed E-state index contributed by atoms with van der Waals surface area (Å²) in [7, 11) is 0. The molecule has 4 aromatic rings. The molecule has 2 aromatic heterocycles. The maximum Gasteiger partial charge on any atom is 0.268 e. The number of fused-ring (bicyclic) bond motifs is 4. The molecule has 132 valence electrons. The van der Waals surface area contributed by atoms with Gasteiger partial charge in [0.25, 0.3) is 5.91 Å². The lowest BCUT2D eigenvalue weighted by atomic mass is 10.1. The van der Waals surface area contributed by atoms with Crippen molar-refractivity contribution in [1.82, 2.24) is 9.55 Å². The Hall–Kier alpha value is -2.99. The number of halogens is 2. The number of rotatable bonds is 3. The van der Waals surface area contributed by atoms with E-state index in [1.165, 1.54) is 6.07 Å². The smallest absolute Gasteiger partial charge is 0.268 e. The molecule has 0 unspecified atom stereocenters. The lowest BCUT2D eigenvalue weighted by Crippen LogP contribution is -2.08. The van der Waals surface area contributed by atoms with Crippen molar-refractivity contribution in [2.45, 2.75) is 6.61 Å². The molecule has 3 heterocycles. The normalized spacial score (nSPS) is 12.3. The largest absolute Gasteiger partial charge is 0.487 e. The monoisotopic (exact) mass is 422 g/mol. The summed E-state index contributed by atoms with van der Waals surface area (Å²) < 4.78 is 22.4.